The van der Waals surface area contributed by atoms with Crippen LogP contribution in [0.2, 0.25) is 0 Å². The second-order valence-corrected chi connectivity index (χ2v) is 4.73. The van der Waals surface area contributed by atoms with Gasteiger partial charge >= 0.3 is 6.18 Å². The minimum absolute atomic E-state index is 0.0605. The van der Waals surface area contributed by atoms with E-state index in [9.17, 15) is 26.7 Å². The van der Waals surface area contributed by atoms with Crippen LogP contribution in [0.15, 0.2) is 18.2 Å². The van der Waals surface area contributed by atoms with E-state index in [1.165, 1.54) is 4.90 Å². The van der Waals surface area contributed by atoms with Crippen LogP contribution in [-0.2, 0) is 6.18 Å². The van der Waals surface area contributed by atoms with Gasteiger partial charge in [0, 0.05) is 37.2 Å². The monoisotopic (exact) mass is 293 g/mol. The van der Waals surface area contributed by atoms with Gasteiger partial charge < -0.3 is 4.90 Å². The average molecular weight is 293 g/mol. The molecule has 0 aromatic heterocycles. The van der Waals surface area contributed by atoms with Gasteiger partial charge in [0.1, 0.15) is 0 Å². The molecule has 1 heterocycles. The van der Waals surface area contributed by atoms with Crippen molar-refractivity contribution >= 4 is 12.0 Å². The van der Waals surface area contributed by atoms with Crippen molar-refractivity contribution in [3.63, 3.8) is 0 Å². The first-order valence-corrected chi connectivity index (χ1v) is 6.02. The molecule has 0 amide bonds. The molecule has 1 aromatic rings. The van der Waals surface area contributed by atoms with Crippen molar-refractivity contribution in [2.45, 2.75) is 24.9 Å². The molecule has 110 valence electrons. The third kappa shape index (κ3) is 3.08. The van der Waals surface area contributed by atoms with Gasteiger partial charge in [0.25, 0.3) is 5.92 Å². The number of alkyl halides is 5. The number of anilines is 1. The fourth-order valence-electron chi connectivity index (χ4n) is 2.17. The molecule has 0 bridgehead atoms. The lowest BCUT2D eigenvalue weighted by Gasteiger charge is -2.34. The summed E-state index contributed by atoms with van der Waals surface area (Å²) < 4.78 is 64.1. The predicted molar refractivity (Wildman–Crippen MR) is 63.2 cm³/mol. The van der Waals surface area contributed by atoms with E-state index in [4.69, 9.17) is 0 Å². The Morgan fingerprint density at radius 1 is 1.15 bits per heavy atom. The molecule has 1 aromatic carbocycles. The lowest BCUT2D eigenvalue weighted by Crippen LogP contribution is -2.39. The number of aldehydes is 1. The molecule has 1 aliphatic rings. The second kappa shape index (κ2) is 5.03. The van der Waals surface area contributed by atoms with E-state index in [-0.39, 0.29) is 24.3 Å². The van der Waals surface area contributed by atoms with Crippen LogP contribution in [0.4, 0.5) is 27.6 Å². The highest BCUT2D eigenvalue weighted by atomic mass is 19.4. The second-order valence-electron chi connectivity index (χ2n) is 4.73. The zero-order valence-corrected chi connectivity index (χ0v) is 10.4. The molecule has 2 rings (SSSR count). The summed E-state index contributed by atoms with van der Waals surface area (Å²) in [5, 5.41) is 0. The maximum absolute atomic E-state index is 13.1. The standard InChI is InChI=1S/C13H12F5NO/c14-12(15)3-5-19(6-4-12)11-7-10(13(16,17)18)2-1-9(11)8-20/h1-2,7-8H,3-6H2. The number of rotatable bonds is 2. The largest absolute Gasteiger partial charge is 0.416 e. The summed E-state index contributed by atoms with van der Waals surface area (Å²) in [6, 6.07) is 2.72. The van der Waals surface area contributed by atoms with Crippen LogP contribution in [-0.4, -0.2) is 25.3 Å². The molecule has 7 heteroatoms. The quantitative estimate of drug-likeness (QED) is 0.611. The van der Waals surface area contributed by atoms with Crippen LogP contribution in [0.5, 0.6) is 0 Å². The van der Waals surface area contributed by atoms with Crippen LogP contribution in [0.1, 0.15) is 28.8 Å². The van der Waals surface area contributed by atoms with Gasteiger partial charge in [0.15, 0.2) is 6.29 Å². The fourth-order valence-corrected chi connectivity index (χ4v) is 2.17. The average Bonchev–Trinajstić information content (AvgIpc) is 2.37. The minimum atomic E-state index is -4.53. The van der Waals surface area contributed by atoms with Gasteiger partial charge in [-0.05, 0) is 18.2 Å². The topological polar surface area (TPSA) is 20.3 Å². The highest BCUT2D eigenvalue weighted by Gasteiger charge is 2.36. The zero-order valence-electron chi connectivity index (χ0n) is 10.4. The van der Waals surface area contributed by atoms with Crippen LogP contribution in [0, 0.1) is 0 Å². The van der Waals surface area contributed by atoms with Gasteiger partial charge in [-0.1, -0.05) is 0 Å². The van der Waals surface area contributed by atoms with Crippen molar-refractivity contribution in [3.8, 4) is 0 Å². The molecule has 0 spiro atoms. The van der Waals surface area contributed by atoms with Gasteiger partial charge in [0.05, 0.1) is 5.56 Å². The van der Waals surface area contributed by atoms with Gasteiger partial charge in [-0.3, -0.25) is 4.79 Å². The first-order chi connectivity index (χ1) is 9.23. The Hall–Kier alpha value is -1.66. The molecule has 0 radical (unpaired) electrons. The van der Waals surface area contributed by atoms with Gasteiger partial charge in [0.2, 0.25) is 0 Å². The minimum Gasteiger partial charge on any atom is -0.370 e. The Balaban J connectivity index is 2.32. The van der Waals surface area contributed by atoms with E-state index >= 15 is 0 Å². The van der Waals surface area contributed by atoms with E-state index in [1.54, 1.807) is 0 Å². The van der Waals surface area contributed by atoms with Gasteiger partial charge in [-0.25, -0.2) is 8.78 Å². The zero-order chi connectivity index (χ0) is 15.0. The molecule has 0 unspecified atom stereocenters. The summed E-state index contributed by atoms with van der Waals surface area (Å²) >= 11 is 0. The number of benzene rings is 1. The SMILES string of the molecule is O=Cc1ccc(C(F)(F)F)cc1N1CCC(F)(F)CC1. The summed E-state index contributed by atoms with van der Waals surface area (Å²) in [6.07, 6.45) is -4.96. The van der Waals surface area contributed by atoms with Crippen molar-refractivity contribution in [1.82, 2.24) is 0 Å². The summed E-state index contributed by atoms with van der Waals surface area (Å²) in [5.74, 6) is -2.79. The molecule has 0 saturated carbocycles. The predicted octanol–water partition coefficient (Wildman–Crippen LogP) is 3.75. The van der Waals surface area contributed by atoms with Crippen LogP contribution < -0.4 is 4.90 Å². The number of hydrogen-bond donors (Lipinski definition) is 0. The Morgan fingerprint density at radius 2 is 1.75 bits per heavy atom. The van der Waals surface area contributed by atoms with E-state index in [2.05, 4.69) is 0 Å². The number of halogens is 5. The van der Waals surface area contributed by atoms with E-state index in [1.807, 2.05) is 0 Å². The smallest absolute Gasteiger partial charge is 0.370 e. The van der Waals surface area contributed by atoms with E-state index < -0.39 is 30.5 Å². The third-order valence-electron chi connectivity index (χ3n) is 3.32. The summed E-state index contributed by atoms with van der Waals surface area (Å²) in [5.41, 5.74) is -0.760. The molecule has 1 fully saturated rings. The highest BCUT2D eigenvalue weighted by Crippen LogP contribution is 2.36. The molecule has 20 heavy (non-hydrogen) atoms. The highest BCUT2D eigenvalue weighted by molar-refractivity contribution is 5.85. The molecule has 1 aliphatic heterocycles. The Morgan fingerprint density at radius 3 is 2.25 bits per heavy atom. The number of nitrogens with zero attached hydrogens (tertiary/aromatic N) is 1. The molecule has 0 N–H and O–H groups in total. The number of carbonyl (C=O) groups excluding carboxylic acids is 1. The van der Waals surface area contributed by atoms with Gasteiger partial charge in [-0.15, -0.1) is 0 Å². The van der Waals surface area contributed by atoms with Crippen molar-refractivity contribution in [1.29, 1.82) is 0 Å². The third-order valence-corrected chi connectivity index (χ3v) is 3.32. The molecule has 2 nitrogen and oxygen atoms in total. The maximum Gasteiger partial charge on any atom is 0.416 e. The first-order valence-electron chi connectivity index (χ1n) is 6.02. The molecular weight excluding hydrogens is 281 g/mol. The van der Waals surface area contributed by atoms with Crippen molar-refractivity contribution in [2.24, 2.45) is 0 Å². The molecule has 0 aliphatic carbocycles. The van der Waals surface area contributed by atoms with E-state index in [0.29, 0.717) is 6.29 Å². The molecule has 0 atom stereocenters. The lowest BCUT2D eigenvalue weighted by molar-refractivity contribution is -0.137. The van der Waals surface area contributed by atoms with Gasteiger partial charge in [-0.2, -0.15) is 13.2 Å². The molecule has 1 saturated heterocycles. The van der Waals surface area contributed by atoms with Crippen molar-refractivity contribution < 1.29 is 26.7 Å². The fraction of sp³-hybridized carbons (Fsp3) is 0.462. The molecular formula is C13H12F5NO. The number of carbonyl (C=O) groups is 1. The van der Waals surface area contributed by atoms with Crippen LogP contribution in [0.25, 0.3) is 0 Å². The summed E-state index contributed by atoms with van der Waals surface area (Å²) in [7, 11) is 0. The van der Waals surface area contributed by atoms with Crippen LogP contribution in [0.3, 0.4) is 0 Å². The first kappa shape index (κ1) is 14.7. The summed E-state index contributed by atoms with van der Waals surface area (Å²) in [6.45, 7) is -0.149. The van der Waals surface area contributed by atoms with Crippen LogP contribution >= 0.6 is 0 Å². The summed E-state index contributed by atoms with van der Waals surface area (Å²) in [4.78, 5) is 12.3. The van der Waals surface area contributed by atoms with Crippen molar-refractivity contribution in [2.75, 3.05) is 18.0 Å². The number of hydrogen-bond acceptors (Lipinski definition) is 2. The normalized spacial score (nSPS) is 18.9. The number of piperidine rings is 1. The Kier molecular flexibility index (Phi) is 3.71. The van der Waals surface area contributed by atoms with Crippen molar-refractivity contribution in [3.05, 3.63) is 29.3 Å². The maximum atomic E-state index is 13.1. The van der Waals surface area contributed by atoms with E-state index in [0.717, 1.165) is 18.2 Å². The Labute approximate surface area is 112 Å². The lowest BCUT2D eigenvalue weighted by atomic mass is 10.0. The Bertz CT molecular complexity index is 502.